The van der Waals surface area contributed by atoms with E-state index in [2.05, 4.69) is 9.97 Å². The van der Waals surface area contributed by atoms with Crippen LogP contribution in [0.1, 0.15) is 16.1 Å². The lowest BCUT2D eigenvalue weighted by Crippen LogP contribution is -2.09. The molecule has 0 amide bonds. The number of aromatic nitrogens is 2. The van der Waals surface area contributed by atoms with Crippen molar-refractivity contribution in [2.45, 2.75) is 6.42 Å². The quantitative estimate of drug-likeness (QED) is 0.688. The molecule has 3 aromatic rings. The van der Waals surface area contributed by atoms with E-state index in [1.54, 1.807) is 0 Å². The summed E-state index contributed by atoms with van der Waals surface area (Å²) in [5.74, 6) is 0.165. The maximum Gasteiger partial charge on any atom is 0.243 e. The molecular formula is C17H14N2O2. The number of carbonyl (C=O) groups is 1. The predicted octanol–water partition coefficient (Wildman–Crippen LogP) is 3.06. The summed E-state index contributed by atoms with van der Waals surface area (Å²) in [6.45, 7) is 0. The van der Waals surface area contributed by atoms with E-state index >= 15 is 0 Å². The molecule has 4 heteroatoms. The fourth-order valence-electron chi connectivity index (χ4n) is 2.28. The normalized spacial score (nSPS) is 10.5. The van der Waals surface area contributed by atoms with Crippen molar-refractivity contribution in [2.75, 3.05) is 7.11 Å². The summed E-state index contributed by atoms with van der Waals surface area (Å²) in [4.78, 5) is 20.4. The minimum absolute atomic E-state index is 0.102. The first-order valence-corrected chi connectivity index (χ1v) is 6.64. The summed E-state index contributed by atoms with van der Waals surface area (Å²) < 4.78 is 5.08. The summed E-state index contributed by atoms with van der Waals surface area (Å²) in [7, 11) is 1.48. The van der Waals surface area contributed by atoms with E-state index in [1.165, 1.54) is 19.5 Å². The fourth-order valence-corrected chi connectivity index (χ4v) is 2.28. The van der Waals surface area contributed by atoms with Gasteiger partial charge in [0.2, 0.25) is 5.88 Å². The Bertz CT molecular complexity index is 799. The lowest BCUT2D eigenvalue weighted by molar-refractivity contribution is 0.0984. The largest absolute Gasteiger partial charge is 0.479 e. The molecule has 0 bridgehead atoms. The monoisotopic (exact) mass is 278 g/mol. The Labute approximate surface area is 122 Å². The second-order valence-corrected chi connectivity index (χ2v) is 4.70. The SMILES string of the molecule is COc1nccnc1C(=O)Cc1ccc2ccccc2c1. The molecule has 0 atom stereocenters. The molecule has 0 aliphatic rings. The number of hydrogen-bond donors (Lipinski definition) is 0. The van der Waals surface area contributed by atoms with E-state index in [0.29, 0.717) is 0 Å². The summed E-state index contributed by atoms with van der Waals surface area (Å²) in [6.07, 6.45) is 3.28. The lowest BCUT2D eigenvalue weighted by atomic mass is 10.0. The molecule has 0 N–H and O–H groups in total. The minimum Gasteiger partial charge on any atom is -0.479 e. The average Bonchev–Trinajstić information content (AvgIpc) is 2.54. The molecule has 4 nitrogen and oxygen atoms in total. The van der Waals surface area contributed by atoms with Crippen molar-refractivity contribution in [3.05, 3.63) is 66.1 Å². The summed E-state index contributed by atoms with van der Waals surface area (Å²) in [5.41, 5.74) is 1.22. The van der Waals surface area contributed by atoms with E-state index in [1.807, 2.05) is 42.5 Å². The number of fused-ring (bicyclic) bond motifs is 1. The van der Waals surface area contributed by atoms with Crippen molar-refractivity contribution >= 4 is 16.6 Å². The highest BCUT2D eigenvalue weighted by Crippen LogP contribution is 2.18. The smallest absolute Gasteiger partial charge is 0.243 e. The van der Waals surface area contributed by atoms with Gasteiger partial charge in [-0.05, 0) is 16.3 Å². The first-order valence-electron chi connectivity index (χ1n) is 6.64. The second kappa shape index (κ2) is 5.71. The van der Waals surface area contributed by atoms with E-state index in [0.717, 1.165) is 16.3 Å². The zero-order valence-corrected chi connectivity index (χ0v) is 11.6. The van der Waals surface area contributed by atoms with Gasteiger partial charge in [0.1, 0.15) is 0 Å². The standard InChI is InChI=1S/C17H14N2O2/c1-21-17-16(18-8-9-19-17)15(20)11-12-6-7-13-4-2-3-5-14(13)10-12/h2-10H,11H2,1H3. The van der Waals surface area contributed by atoms with Crippen LogP contribution in [-0.4, -0.2) is 22.9 Å². The molecule has 21 heavy (non-hydrogen) atoms. The molecule has 3 rings (SSSR count). The Hall–Kier alpha value is -2.75. The van der Waals surface area contributed by atoms with Gasteiger partial charge in [-0.2, -0.15) is 0 Å². The maximum absolute atomic E-state index is 12.3. The molecule has 0 saturated carbocycles. The highest BCUT2D eigenvalue weighted by molar-refractivity contribution is 5.98. The number of ether oxygens (including phenoxy) is 1. The third-order valence-electron chi connectivity index (χ3n) is 3.30. The molecule has 0 fully saturated rings. The first-order chi connectivity index (χ1) is 10.3. The Morgan fingerprint density at radius 1 is 1.05 bits per heavy atom. The van der Waals surface area contributed by atoms with Crippen LogP contribution in [0.5, 0.6) is 5.88 Å². The van der Waals surface area contributed by atoms with Gasteiger partial charge in [0.05, 0.1) is 7.11 Å². The van der Waals surface area contributed by atoms with Crippen molar-refractivity contribution in [3.8, 4) is 5.88 Å². The Morgan fingerprint density at radius 3 is 2.62 bits per heavy atom. The molecule has 2 aromatic carbocycles. The van der Waals surface area contributed by atoms with Crippen LogP contribution < -0.4 is 4.74 Å². The molecular weight excluding hydrogens is 264 g/mol. The Balaban J connectivity index is 1.89. The zero-order valence-electron chi connectivity index (χ0n) is 11.6. The second-order valence-electron chi connectivity index (χ2n) is 4.70. The van der Waals surface area contributed by atoms with Gasteiger partial charge in [0.15, 0.2) is 11.5 Å². The van der Waals surface area contributed by atoms with Crippen molar-refractivity contribution in [1.29, 1.82) is 0 Å². The fraction of sp³-hybridized carbons (Fsp3) is 0.118. The maximum atomic E-state index is 12.3. The van der Waals surface area contributed by atoms with Crippen molar-refractivity contribution in [2.24, 2.45) is 0 Å². The van der Waals surface area contributed by atoms with Crippen molar-refractivity contribution in [1.82, 2.24) is 9.97 Å². The topological polar surface area (TPSA) is 52.1 Å². The first kappa shape index (κ1) is 13.2. The molecule has 0 saturated heterocycles. The number of rotatable bonds is 4. The Kier molecular flexibility index (Phi) is 3.60. The predicted molar refractivity (Wildman–Crippen MR) is 80.6 cm³/mol. The van der Waals surface area contributed by atoms with Crippen LogP contribution in [0.4, 0.5) is 0 Å². The van der Waals surface area contributed by atoms with Crippen molar-refractivity contribution < 1.29 is 9.53 Å². The van der Waals surface area contributed by atoms with E-state index in [4.69, 9.17) is 4.74 Å². The van der Waals surface area contributed by atoms with Crippen LogP contribution in [0.25, 0.3) is 10.8 Å². The van der Waals surface area contributed by atoms with Gasteiger partial charge < -0.3 is 4.74 Å². The third kappa shape index (κ3) is 2.74. The van der Waals surface area contributed by atoms with Crippen LogP contribution in [0.15, 0.2) is 54.9 Å². The number of carbonyl (C=O) groups excluding carboxylic acids is 1. The number of benzene rings is 2. The lowest BCUT2D eigenvalue weighted by Gasteiger charge is -2.06. The number of hydrogen-bond acceptors (Lipinski definition) is 4. The number of Topliss-reactive ketones (excluding diaryl/α,β-unsaturated/α-hetero) is 1. The van der Waals surface area contributed by atoms with Gasteiger partial charge in [0, 0.05) is 18.8 Å². The van der Waals surface area contributed by atoms with Gasteiger partial charge in [-0.1, -0.05) is 42.5 Å². The molecule has 1 aromatic heterocycles. The van der Waals surface area contributed by atoms with Crippen LogP contribution >= 0.6 is 0 Å². The van der Waals surface area contributed by atoms with Gasteiger partial charge in [0.25, 0.3) is 0 Å². The molecule has 104 valence electrons. The van der Waals surface area contributed by atoms with E-state index in [-0.39, 0.29) is 23.8 Å². The highest BCUT2D eigenvalue weighted by atomic mass is 16.5. The minimum atomic E-state index is -0.102. The third-order valence-corrected chi connectivity index (χ3v) is 3.30. The van der Waals surface area contributed by atoms with Gasteiger partial charge >= 0.3 is 0 Å². The highest BCUT2D eigenvalue weighted by Gasteiger charge is 2.15. The van der Waals surface area contributed by atoms with Crippen LogP contribution in [0, 0.1) is 0 Å². The molecule has 0 spiro atoms. The molecule has 0 aliphatic carbocycles. The number of ketones is 1. The summed E-state index contributed by atoms with van der Waals surface area (Å²) >= 11 is 0. The van der Waals surface area contributed by atoms with Gasteiger partial charge in [-0.3, -0.25) is 4.79 Å². The Morgan fingerprint density at radius 2 is 1.81 bits per heavy atom. The van der Waals surface area contributed by atoms with Gasteiger partial charge in [-0.25, -0.2) is 9.97 Å². The van der Waals surface area contributed by atoms with Crippen molar-refractivity contribution in [3.63, 3.8) is 0 Å². The number of nitrogens with zero attached hydrogens (tertiary/aromatic N) is 2. The number of methoxy groups -OCH3 is 1. The summed E-state index contributed by atoms with van der Waals surface area (Å²) in [6, 6.07) is 14.1. The van der Waals surface area contributed by atoms with E-state index < -0.39 is 0 Å². The zero-order chi connectivity index (χ0) is 14.7. The van der Waals surface area contributed by atoms with Crippen LogP contribution in [0.2, 0.25) is 0 Å². The molecule has 0 aliphatic heterocycles. The average molecular weight is 278 g/mol. The molecule has 0 radical (unpaired) electrons. The van der Waals surface area contributed by atoms with Gasteiger partial charge in [-0.15, -0.1) is 0 Å². The molecule has 1 heterocycles. The van der Waals surface area contributed by atoms with Crippen LogP contribution in [0.3, 0.4) is 0 Å². The van der Waals surface area contributed by atoms with E-state index in [9.17, 15) is 4.79 Å². The molecule has 0 unspecified atom stereocenters. The summed E-state index contributed by atoms with van der Waals surface area (Å²) in [5, 5.41) is 2.28. The van der Waals surface area contributed by atoms with Crippen LogP contribution in [-0.2, 0) is 6.42 Å².